The SMILES string of the molecule is N#Cc1ccc(OCC(=O)NCCc2ccc(OC(F)F)cc2)cc1. The Bertz CT molecular complexity index is 725. The molecule has 0 radical (unpaired) electrons. The molecule has 1 amide bonds. The Morgan fingerprint density at radius 3 is 2.32 bits per heavy atom. The molecule has 0 aromatic heterocycles. The Kier molecular flexibility index (Phi) is 6.72. The smallest absolute Gasteiger partial charge is 0.387 e. The number of nitrogens with one attached hydrogen (secondary N) is 1. The molecule has 0 heterocycles. The van der Waals surface area contributed by atoms with Gasteiger partial charge in [0.15, 0.2) is 6.61 Å². The van der Waals surface area contributed by atoms with Crippen LogP contribution < -0.4 is 14.8 Å². The summed E-state index contributed by atoms with van der Waals surface area (Å²) in [5.41, 5.74) is 1.40. The van der Waals surface area contributed by atoms with Gasteiger partial charge in [0.05, 0.1) is 11.6 Å². The van der Waals surface area contributed by atoms with Crippen LogP contribution >= 0.6 is 0 Å². The fraction of sp³-hybridized carbons (Fsp3) is 0.222. The lowest BCUT2D eigenvalue weighted by molar-refractivity contribution is -0.123. The summed E-state index contributed by atoms with van der Waals surface area (Å²) in [5.74, 6) is 0.324. The predicted octanol–water partition coefficient (Wildman–Crippen LogP) is 2.90. The Morgan fingerprint density at radius 1 is 1.08 bits per heavy atom. The largest absolute Gasteiger partial charge is 0.484 e. The molecule has 2 aromatic carbocycles. The normalized spacial score (nSPS) is 10.2. The summed E-state index contributed by atoms with van der Waals surface area (Å²) in [7, 11) is 0. The van der Waals surface area contributed by atoms with Gasteiger partial charge < -0.3 is 14.8 Å². The molecular formula is C18H16F2N2O3. The second kappa shape index (κ2) is 9.23. The second-order valence-electron chi connectivity index (χ2n) is 5.05. The van der Waals surface area contributed by atoms with E-state index in [-0.39, 0.29) is 18.3 Å². The zero-order valence-electron chi connectivity index (χ0n) is 13.2. The van der Waals surface area contributed by atoms with Crippen LogP contribution in [0.15, 0.2) is 48.5 Å². The second-order valence-corrected chi connectivity index (χ2v) is 5.05. The van der Waals surface area contributed by atoms with E-state index in [0.29, 0.717) is 24.3 Å². The van der Waals surface area contributed by atoms with Crippen LogP contribution in [0.1, 0.15) is 11.1 Å². The van der Waals surface area contributed by atoms with Crippen LogP contribution in [0.25, 0.3) is 0 Å². The monoisotopic (exact) mass is 346 g/mol. The maximum atomic E-state index is 12.0. The van der Waals surface area contributed by atoms with Gasteiger partial charge in [-0.15, -0.1) is 0 Å². The van der Waals surface area contributed by atoms with Crippen LogP contribution in [-0.2, 0) is 11.2 Å². The highest BCUT2D eigenvalue weighted by atomic mass is 19.3. The van der Waals surface area contributed by atoms with E-state index in [1.807, 2.05) is 6.07 Å². The van der Waals surface area contributed by atoms with Crippen molar-refractivity contribution in [3.05, 3.63) is 59.7 Å². The Hall–Kier alpha value is -3.14. The number of carbonyl (C=O) groups is 1. The number of hydrogen-bond acceptors (Lipinski definition) is 4. The summed E-state index contributed by atoms with van der Waals surface area (Å²) < 4.78 is 33.7. The van der Waals surface area contributed by atoms with Crippen molar-refractivity contribution in [2.75, 3.05) is 13.2 Å². The molecule has 25 heavy (non-hydrogen) atoms. The van der Waals surface area contributed by atoms with E-state index >= 15 is 0 Å². The first-order valence-electron chi connectivity index (χ1n) is 7.50. The summed E-state index contributed by atoms with van der Waals surface area (Å²) in [6.07, 6.45) is 0.553. The lowest BCUT2D eigenvalue weighted by atomic mass is 10.1. The van der Waals surface area contributed by atoms with Gasteiger partial charge >= 0.3 is 6.61 Å². The molecule has 0 spiro atoms. The summed E-state index contributed by atoms with van der Waals surface area (Å²) in [5, 5.41) is 11.4. The van der Waals surface area contributed by atoms with Gasteiger partial charge in [0.2, 0.25) is 0 Å². The Labute approximate surface area is 143 Å². The average Bonchev–Trinajstić information content (AvgIpc) is 2.61. The highest BCUT2D eigenvalue weighted by molar-refractivity contribution is 5.77. The van der Waals surface area contributed by atoms with Gasteiger partial charge in [-0.1, -0.05) is 12.1 Å². The van der Waals surface area contributed by atoms with Crippen molar-refractivity contribution < 1.29 is 23.0 Å². The Morgan fingerprint density at radius 2 is 1.72 bits per heavy atom. The minimum atomic E-state index is -2.85. The van der Waals surface area contributed by atoms with E-state index in [0.717, 1.165) is 5.56 Å². The quantitative estimate of drug-likeness (QED) is 0.798. The fourth-order valence-corrected chi connectivity index (χ4v) is 2.01. The number of benzene rings is 2. The number of alkyl halides is 2. The third-order valence-corrected chi connectivity index (χ3v) is 3.24. The van der Waals surface area contributed by atoms with Gasteiger partial charge in [-0.2, -0.15) is 14.0 Å². The van der Waals surface area contributed by atoms with Crippen molar-refractivity contribution in [3.63, 3.8) is 0 Å². The van der Waals surface area contributed by atoms with Crippen LogP contribution in [0.4, 0.5) is 8.78 Å². The molecule has 0 aliphatic carbocycles. The van der Waals surface area contributed by atoms with Crippen molar-refractivity contribution >= 4 is 5.91 Å². The molecule has 2 rings (SSSR count). The van der Waals surface area contributed by atoms with E-state index in [1.165, 1.54) is 12.1 Å². The third-order valence-electron chi connectivity index (χ3n) is 3.24. The van der Waals surface area contributed by atoms with Gasteiger partial charge in [0.25, 0.3) is 5.91 Å². The van der Waals surface area contributed by atoms with Gasteiger partial charge in [-0.3, -0.25) is 4.79 Å². The number of ether oxygens (including phenoxy) is 2. The van der Waals surface area contributed by atoms with Crippen molar-refractivity contribution in [2.45, 2.75) is 13.0 Å². The molecule has 7 heteroatoms. The highest BCUT2D eigenvalue weighted by Crippen LogP contribution is 2.15. The van der Waals surface area contributed by atoms with Gasteiger partial charge in [0.1, 0.15) is 11.5 Å². The summed E-state index contributed by atoms with van der Waals surface area (Å²) in [6.45, 7) is -2.58. The lowest BCUT2D eigenvalue weighted by Crippen LogP contribution is -2.30. The summed E-state index contributed by atoms with van der Waals surface area (Å²) in [4.78, 5) is 11.7. The van der Waals surface area contributed by atoms with E-state index in [1.54, 1.807) is 36.4 Å². The van der Waals surface area contributed by atoms with Crippen LogP contribution in [0.3, 0.4) is 0 Å². The van der Waals surface area contributed by atoms with Crippen molar-refractivity contribution in [1.82, 2.24) is 5.32 Å². The van der Waals surface area contributed by atoms with E-state index in [4.69, 9.17) is 10.00 Å². The molecule has 5 nitrogen and oxygen atoms in total. The minimum Gasteiger partial charge on any atom is -0.484 e. The topological polar surface area (TPSA) is 71.3 Å². The first-order chi connectivity index (χ1) is 12.1. The summed E-state index contributed by atoms with van der Waals surface area (Å²) in [6, 6.07) is 14.7. The molecule has 0 atom stereocenters. The standard InChI is InChI=1S/C18H16F2N2O3/c19-18(20)25-16-7-1-13(2-8-16)9-10-22-17(23)12-24-15-5-3-14(11-21)4-6-15/h1-8,18H,9-10,12H2,(H,22,23). The lowest BCUT2D eigenvalue weighted by Gasteiger charge is -2.08. The number of nitrogens with zero attached hydrogens (tertiary/aromatic N) is 1. The van der Waals surface area contributed by atoms with Crippen molar-refractivity contribution in [2.24, 2.45) is 0 Å². The molecule has 0 bridgehead atoms. The van der Waals surface area contributed by atoms with Crippen LogP contribution in [0.5, 0.6) is 11.5 Å². The maximum Gasteiger partial charge on any atom is 0.387 e. The predicted molar refractivity (Wildman–Crippen MR) is 86.4 cm³/mol. The molecule has 0 unspecified atom stereocenters. The summed E-state index contributed by atoms with van der Waals surface area (Å²) >= 11 is 0. The number of amides is 1. The van der Waals surface area contributed by atoms with Gasteiger partial charge in [-0.25, -0.2) is 0 Å². The van der Waals surface area contributed by atoms with Gasteiger partial charge in [-0.05, 0) is 48.4 Å². The molecule has 0 aliphatic rings. The molecule has 0 fully saturated rings. The fourth-order valence-electron chi connectivity index (χ4n) is 2.01. The average molecular weight is 346 g/mol. The van der Waals surface area contributed by atoms with Crippen LogP contribution in [0.2, 0.25) is 0 Å². The minimum absolute atomic E-state index is 0.0959. The molecule has 0 saturated heterocycles. The maximum absolute atomic E-state index is 12.0. The van der Waals surface area contributed by atoms with Crippen LogP contribution in [-0.4, -0.2) is 25.7 Å². The molecular weight excluding hydrogens is 330 g/mol. The van der Waals surface area contributed by atoms with Crippen molar-refractivity contribution in [1.29, 1.82) is 5.26 Å². The van der Waals surface area contributed by atoms with E-state index < -0.39 is 6.61 Å². The highest BCUT2D eigenvalue weighted by Gasteiger charge is 2.05. The zero-order valence-corrected chi connectivity index (χ0v) is 13.2. The number of halogens is 2. The third kappa shape index (κ3) is 6.47. The van der Waals surface area contributed by atoms with E-state index in [9.17, 15) is 13.6 Å². The first-order valence-corrected chi connectivity index (χ1v) is 7.50. The molecule has 1 N–H and O–H groups in total. The Balaban J connectivity index is 1.68. The first kappa shape index (κ1) is 18.2. The van der Waals surface area contributed by atoms with Crippen LogP contribution in [0, 0.1) is 11.3 Å². The van der Waals surface area contributed by atoms with Crippen molar-refractivity contribution in [3.8, 4) is 17.6 Å². The van der Waals surface area contributed by atoms with E-state index in [2.05, 4.69) is 10.1 Å². The molecule has 0 aliphatic heterocycles. The molecule has 130 valence electrons. The number of nitriles is 1. The number of hydrogen-bond donors (Lipinski definition) is 1. The number of rotatable bonds is 8. The van der Waals surface area contributed by atoms with Gasteiger partial charge in [0, 0.05) is 6.54 Å². The molecule has 2 aromatic rings. The molecule has 0 saturated carbocycles. The zero-order chi connectivity index (χ0) is 18.1. The number of carbonyl (C=O) groups excluding carboxylic acids is 1.